The molecule has 6 nitrogen and oxygen atoms in total. The lowest BCUT2D eigenvalue weighted by molar-refractivity contribution is -0.115. The maximum absolute atomic E-state index is 12.3. The third-order valence-electron chi connectivity index (χ3n) is 3.89. The van der Waals surface area contributed by atoms with Crippen LogP contribution in [0.5, 0.6) is 0 Å². The Morgan fingerprint density at radius 2 is 2.08 bits per heavy atom. The number of carbonyl (C=O) groups is 1. The molecular formula is C18H15N5OS. The highest BCUT2D eigenvalue weighted by atomic mass is 32.1. The number of nitrogens with zero attached hydrogens (tertiary/aromatic N) is 4. The molecule has 0 atom stereocenters. The molecule has 7 heteroatoms. The summed E-state index contributed by atoms with van der Waals surface area (Å²) in [5.74, 6) is -0.0934. The molecule has 0 saturated carbocycles. The molecule has 0 spiro atoms. The Balaban J connectivity index is 1.45. The summed E-state index contributed by atoms with van der Waals surface area (Å²) in [6.07, 6.45) is 4.06. The van der Waals surface area contributed by atoms with Crippen LogP contribution in [0.15, 0.2) is 54.2 Å². The fraction of sp³-hybridized carbons (Fsp3) is 0.111. The van der Waals surface area contributed by atoms with E-state index in [9.17, 15) is 4.79 Å². The second-order valence-corrected chi connectivity index (χ2v) is 6.36. The Hall–Kier alpha value is -3.06. The van der Waals surface area contributed by atoms with E-state index in [1.54, 1.807) is 0 Å². The van der Waals surface area contributed by atoms with Gasteiger partial charge in [0.1, 0.15) is 11.3 Å². The Morgan fingerprint density at radius 1 is 1.24 bits per heavy atom. The number of rotatable bonds is 4. The number of amides is 1. The first kappa shape index (κ1) is 15.5. The van der Waals surface area contributed by atoms with E-state index in [2.05, 4.69) is 19.9 Å². The summed E-state index contributed by atoms with van der Waals surface area (Å²) in [7, 11) is 0. The smallest absolute Gasteiger partial charge is 0.230 e. The van der Waals surface area contributed by atoms with Crippen molar-refractivity contribution in [1.82, 2.24) is 19.0 Å². The van der Waals surface area contributed by atoms with Crippen LogP contribution in [0.2, 0.25) is 0 Å². The van der Waals surface area contributed by atoms with Crippen LogP contribution in [0.1, 0.15) is 11.3 Å². The summed E-state index contributed by atoms with van der Waals surface area (Å²) in [4.78, 5) is 16.8. The minimum Gasteiger partial charge on any atom is -0.326 e. The molecule has 0 saturated heterocycles. The Morgan fingerprint density at radius 3 is 2.80 bits per heavy atom. The van der Waals surface area contributed by atoms with Crippen LogP contribution in [-0.4, -0.2) is 24.9 Å². The van der Waals surface area contributed by atoms with Gasteiger partial charge in [0.05, 0.1) is 12.1 Å². The molecule has 0 bridgehead atoms. The Labute approximate surface area is 148 Å². The number of hydrogen-bond acceptors (Lipinski definition) is 5. The van der Waals surface area contributed by atoms with Gasteiger partial charge in [-0.15, -0.1) is 5.10 Å². The van der Waals surface area contributed by atoms with Gasteiger partial charge in [-0.3, -0.25) is 4.79 Å². The average Bonchev–Trinajstić information content (AvgIpc) is 3.25. The van der Waals surface area contributed by atoms with Gasteiger partial charge in [-0.1, -0.05) is 22.7 Å². The lowest BCUT2D eigenvalue weighted by Crippen LogP contribution is -2.14. The van der Waals surface area contributed by atoms with Crippen molar-refractivity contribution in [2.24, 2.45) is 0 Å². The molecule has 1 amide bonds. The summed E-state index contributed by atoms with van der Waals surface area (Å²) in [6.45, 7) is 2.01. The quantitative estimate of drug-likeness (QED) is 0.613. The topological polar surface area (TPSA) is 72.2 Å². The average molecular weight is 349 g/mol. The number of fused-ring (bicyclic) bond motifs is 1. The highest BCUT2D eigenvalue weighted by molar-refractivity contribution is 7.03. The van der Waals surface area contributed by atoms with Crippen LogP contribution >= 0.6 is 11.5 Å². The number of pyridine rings is 1. The first-order chi connectivity index (χ1) is 12.2. The first-order valence-corrected chi connectivity index (χ1v) is 8.63. The maximum Gasteiger partial charge on any atom is 0.230 e. The molecule has 4 aromatic rings. The second kappa shape index (κ2) is 6.45. The molecule has 25 heavy (non-hydrogen) atoms. The van der Waals surface area contributed by atoms with E-state index >= 15 is 0 Å². The van der Waals surface area contributed by atoms with E-state index in [1.165, 1.54) is 11.5 Å². The minimum absolute atomic E-state index is 0.0934. The third kappa shape index (κ3) is 3.27. The largest absolute Gasteiger partial charge is 0.326 e. The molecular weight excluding hydrogens is 334 g/mol. The number of carbonyl (C=O) groups excluding carboxylic acids is 1. The highest BCUT2D eigenvalue weighted by Crippen LogP contribution is 2.20. The maximum atomic E-state index is 12.3. The zero-order valence-electron chi connectivity index (χ0n) is 13.5. The third-order valence-corrected chi connectivity index (χ3v) is 4.40. The van der Waals surface area contributed by atoms with Gasteiger partial charge in [-0.25, -0.2) is 4.98 Å². The molecule has 1 aromatic carbocycles. The van der Waals surface area contributed by atoms with Gasteiger partial charge >= 0.3 is 0 Å². The van der Waals surface area contributed by atoms with E-state index in [1.807, 2.05) is 65.5 Å². The van der Waals surface area contributed by atoms with E-state index in [0.29, 0.717) is 0 Å². The van der Waals surface area contributed by atoms with Gasteiger partial charge in [0.15, 0.2) is 0 Å². The molecule has 0 fully saturated rings. The second-order valence-electron chi connectivity index (χ2n) is 5.75. The van der Waals surface area contributed by atoms with Crippen LogP contribution in [0.4, 0.5) is 5.69 Å². The van der Waals surface area contributed by atoms with E-state index in [0.717, 1.165) is 33.8 Å². The Kier molecular flexibility index (Phi) is 3.99. The summed E-state index contributed by atoms with van der Waals surface area (Å²) < 4.78 is 5.79. The minimum atomic E-state index is -0.0934. The van der Waals surface area contributed by atoms with Crippen molar-refractivity contribution < 1.29 is 4.79 Å². The molecule has 0 aliphatic rings. The number of nitrogens with one attached hydrogen (secondary N) is 1. The normalized spacial score (nSPS) is 10.9. The van der Waals surface area contributed by atoms with E-state index < -0.39 is 0 Å². The van der Waals surface area contributed by atoms with E-state index in [4.69, 9.17) is 0 Å². The number of anilines is 1. The zero-order chi connectivity index (χ0) is 17.2. The van der Waals surface area contributed by atoms with Gasteiger partial charge < -0.3 is 9.72 Å². The molecule has 3 aromatic heterocycles. The van der Waals surface area contributed by atoms with Crippen molar-refractivity contribution in [3.63, 3.8) is 0 Å². The summed E-state index contributed by atoms with van der Waals surface area (Å²) in [5.41, 5.74) is 5.27. The van der Waals surface area contributed by atoms with Gasteiger partial charge in [-0.05, 0) is 42.2 Å². The number of aryl methyl sites for hydroxylation is 1. The zero-order valence-corrected chi connectivity index (χ0v) is 14.3. The standard InChI is InChI=1S/C18H15N5OS/c1-12-3-2-8-23-10-15(20-18(12)23)9-17(24)19-14-6-4-13(5-7-14)16-11-25-22-21-16/h2-8,10-11H,9H2,1H3,(H,19,24). The number of imidazole rings is 1. The Bertz CT molecular complexity index is 1020. The molecule has 0 radical (unpaired) electrons. The number of aromatic nitrogens is 4. The van der Waals surface area contributed by atoms with Crippen molar-refractivity contribution in [2.75, 3.05) is 5.32 Å². The van der Waals surface area contributed by atoms with E-state index in [-0.39, 0.29) is 12.3 Å². The van der Waals surface area contributed by atoms with Gasteiger partial charge in [-0.2, -0.15) is 0 Å². The fourth-order valence-electron chi connectivity index (χ4n) is 2.67. The number of hydrogen-bond donors (Lipinski definition) is 1. The highest BCUT2D eigenvalue weighted by Gasteiger charge is 2.09. The van der Waals surface area contributed by atoms with Crippen molar-refractivity contribution in [1.29, 1.82) is 0 Å². The van der Waals surface area contributed by atoms with Crippen molar-refractivity contribution in [2.45, 2.75) is 13.3 Å². The lowest BCUT2D eigenvalue weighted by atomic mass is 10.1. The summed E-state index contributed by atoms with van der Waals surface area (Å²) in [6, 6.07) is 11.5. The van der Waals surface area contributed by atoms with Gasteiger partial charge in [0, 0.05) is 29.0 Å². The molecule has 4 rings (SSSR count). The predicted octanol–water partition coefficient (Wildman–Crippen LogP) is 3.34. The van der Waals surface area contributed by atoms with Crippen LogP contribution in [-0.2, 0) is 11.2 Å². The molecule has 0 unspecified atom stereocenters. The van der Waals surface area contributed by atoms with Crippen LogP contribution < -0.4 is 5.32 Å². The van der Waals surface area contributed by atoms with Crippen LogP contribution in [0.25, 0.3) is 16.9 Å². The molecule has 0 aliphatic heterocycles. The van der Waals surface area contributed by atoms with Crippen LogP contribution in [0.3, 0.4) is 0 Å². The molecule has 3 heterocycles. The molecule has 0 aliphatic carbocycles. The fourth-order valence-corrected chi connectivity index (χ4v) is 3.14. The van der Waals surface area contributed by atoms with Crippen molar-refractivity contribution >= 4 is 28.8 Å². The summed E-state index contributed by atoms with van der Waals surface area (Å²) >= 11 is 1.31. The predicted molar refractivity (Wildman–Crippen MR) is 97.6 cm³/mol. The monoisotopic (exact) mass is 349 g/mol. The lowest BCUT2D eigenvalue weighted by Gasteiger charge is -2.04. The van der Waals surface area contributed by atoms with Crippen molar-refractivity contribution in [3.05, 3.63) is 65.4 Å². The first-order valence-electron chi connectivity index (χ1n) is 7.79. The molecule has 124 valence electrons. The summed E-state index contributed by atoms with van der Waals surface area (Å²) in [5, 5.41) is 8.82. The van der Waals surface area contributed by atoms with Crippen LogP contribution in [0, 0.1) is 6.92 Å². The SMILES string of the molecule is Cc1cccn2cc(CC(=O)Nc3ccc(-c4csnn4)cc3)nc12. The van der Waals surface area contributed by atoms with Gasteiger partial charge in [0.2, 0.25) is 5.91 Å². The number of benzene rings is 1. The van der Waals surface area contributed by atoms with Gasteiger partial charge in [0.25, 0.3) is 0 Å². The molecule has 1 N–H and O–H groups in total. The van der Waals surface area contributed by atoms with Crippen molar-refractivity contribution in [3.8, 4) is 11.3 Å².